The first-order valence-corrected chi connectivity index (χ1v) is 13.7. The first-order valence-electron chi connectivity index (χ1n) is 13.7. The number of nitrogens with one attached hydrogen (secondary N) is 1. The third-order valence-corrected chi connectivity index (χ3v) is 8.41. The van der Waals surface area contributed by atoms with Crippen LogP contribution in [0.3, 0.4) is 0 Å². The molecule has 1 N–H and O–H groups in total. The Morgan fingerprint density at radius 2 is 1.12 bits per heavy atom. The van der Waals surface area contributed by atoms with Crippen LogP contribution in [0, 0.1) is 0 Å². The Kier molecular flexibility index (Phi) is 4.36. The number of rotatable bonds is 2. The molecule has 0 aliphatic rings. The van der Waals surface area contributed by atoms with Gasteiger partial charge in [-0.05, 0) is 56.9 Å². The molecule has 0 saturated heterocycles. The number of aromatic amines is 1. The zero-order valence-corrected chi connectivity index (χ0v) is 21.6. The highest BCUT2D eigenvalue weighted by atomic mass is 16.3. The highest BCUT2D eigenvalue weighted by Gasteiger charge is 2.16. The molecule has 0 radical (unpaired) electrons. The minimum Gasteiger partial charge on any atom is -0.455 e. The van der Waals surface area contributed by atoms with E-state index in [0.29, 0.717) is 0 Å². The van der Waals surface area contributed by atoms with Crippen molar-refractivity contribution in [3.8, 4) is 22.3 Å². The molecular formula is C38H23NO. The number of benzene rings is 7. The second-order valence-corrected chi connectivity index (χ2v) is 10.6. The summed E-state index contributed by atoms with van der Waals surface area (Å²) in [5.41, 5.74) is 8.89. The van der Waals surface area contributed by atoms with Crippen molar-refractivity contribution in [3.63, 3.8) is 0 Å². The smallest absolute Gasteiger partial charge is 0.143 e. The quantitative estimate of drug-likeness (QED) is 0.231. The van der Waals surface area contributed by atoms with Crippen molar-refractivity contribution in [1.82, 2.24) is 4.98 Å². The summed E-state index contributed by atoms with van der Waals surface area (Å²) in [6.07, 6.45) is 0. The molecule has 0 unspecified atom stereocenters. The predicted molar refractivity (Wildman–Crippen MR) is 169 cm³/mol. The van der Waals surface area contributed by atoms with Gasteiger partial charge in [-0.25, -0.2) is 0 Å². The van der Waals surface area contributed by atoms with Gasteiger partial charge in [0.05, 0.1) is 5.52 Å². The van der Waals surface area contributed by atoms with Crippen molar-refractivity contribution in [1.29, 1.82) is 0 Å². The van der Waals surface area contributed by atoms with Gasteiger partial charge in [0.2, 0.25) is 0 Å². The van der Waals surface area contributed by atoms with E-state index in [9.17, 15) is 0 Å². The molecule has 0 aliphatic heterocycles. The number of fused-ring (bicyclic) bond motifs is 9. The zero-order valence-electron chi connectivity index (χ0n) is 21.6. The molecule has 40 heavy (non-hydrogen) atoms. The van der Waals surface area contributed by atoms with E-state index >= 15 is 0 Å². The molecule has 0 fully saturated rings. The van der Waals surface area contributed by atoms with Crippen molar-refractivity contribution in [3.05, 3.63) is 133 Å². The Morgan fingerprint density at radius 1 is 0.425 bits per heavy atom. The maximum absolute atomic E-state index is 6.36. The van der Waals surface area contributed by atoms with E-state index in [2.05, 4.69) is 126 Å². The summed E-state index contributed by atoms with van der Waals surface area (Å²) in [6, 6.07) is 47.8. The monoisotopic (exact) mass is 509 g/mol. The van der Waals surface area contributed by atoms with E-state index in [4.69, 9.17) is 4.42 Å². The van der Waals surface area contributed by atoms with Crippen LogP contribution in [0.1, 0.15) is 0 Å². The molecule has 0 amide bonds. The number of hydrogen-bond donors (Lipinski definition) is 1. The summed E-state index contributed by atoms with van der Waals surface area (Å²) >= 11 is 0. The van der Waals surface area contributed by atoms with E-state index in [1.807, 2.05) is 12.1 Å². The van der Waals surface area contributed by atoms with Crippen LogP contribution in [-0.2, 0) is 0 Å². The minimum absolute atomic E-state index is 0.922. The summed E-state index contributed by atoms with van der Waals surface area (Å²) in [7, 11) is 0. The molecule has 186 valence electrons. The Labute approximate surface area is 230 Å². The molecular weight excluding hydrogens is 486 g/mol. The highest BCUT2D eigenvalue weighted by Crippen LogP contribution is 2.41. The molecule has 0 atom stereocenters. The van der Waals surface area contributed by atoms with Crippen LogP contribution in [0.4, 0.5) is 0 Å². The van der Waals surface area contributed by atoms with Gasteiger partial charge < -0.3 is 9.40 Å². The second kappa shape index (κ2) is 8.08. The summed E-state index contributed by atoms with van der Waals surface area (Å²) in [6.45, 7) is 0. The van der Waals surface area contributed by atoms with E-state index in [1.165, 1.54) is 43.4 Å². The fourth-order valence-electron chi connectivity index (χ4n) is 6.57. The van der Waals surface area contributed by atoms with Crippen LogP contribution in [0.2, 0.25) is 0 Å². The Balaban J connectivity index is 1.30. The first kappa shape index (κ1) is 21.6. The van der Waals surface area contributed by atoms with Crippen LogP contribution in [0.5, 0.6) is 0 Å². The summed E-state index contributed by atoms with van der Waals surface area (Å²) in [5.74, 6) is 0. The minimum atomic E-state index is 0.922. The molecule has 2 heterocycles. The Morgan fingerprint density at radius 3 is 2.02 bits per heavy atom. The summed E-state index contributed by atoms with van der Waals surface area (Å²) < 4.78 is 6.36. The van der Waals surface area contributed by atoms with Crippen LogP contribution >= 0.6 is 0 Å². The van der Waals surface area contributed by atoms with Crippen molar-refractivity contribution in [2.75, 3.05) is 0 Å². The molecule has 2 heteroatoms. The largest absolute Gasteiger partial charge is 0.455 e. The lowest BCUT2D eigenvalue weighted by Crippen LogP contribution is -1.86. The van der Waals surface area contributed by atoms with Crippen LogP contribution < -0.4 is 0 Å². The Hall–Kier alpha value is -5.34. The number of furan rings is 1. The van der Waals surface area contributed by atoms with Crippen molar-refractivity contribution in [2.45, 2.75) is 0 Å². The Bertz CT molecular complexity index is 2440. The average molecular weight is 510 g/mol. The van der Waals surface area contributed by atoms with Gasteiger partial charge in [0, 0.05) is 38.2 Å². The van der Waals surface area contributed by atoms with Crippen LogP contribution in [0.15, 0.2) is 138 Å². The van der Waals surface area contributed by atoms with E-state index in [1.54, 1.807) is 0 Å². The lowest BCUT2D eigenvalue weighted by atomic mass is 9.92. The first-order chi connectivity index (χ1) is 19.8. The summed E-state index contributed by atoms with van der Waals surface area (Å²) in [5, 5.41) is 9.84. The van der Waals surface area contributed by atoms with Gasteiger partial charge in [-0.1, -0.05) is 109 Å². The topological polar surface area (TPSA) is 28.9 Å². The molecule has 0 spiro atoms. The zero-order chi connectivity index (χ0) is 26.2. The molecule has 9 aromatic rings. The van der Waals surface area contributed by atoms with Gasteiger partial charge in [0.1, 0.15) is 11.2 Å². The third kappa shape index (κ3) is 2.99. The van der Waals surface area contributed by atoms with Gasteiger partial charge in [-0.2, -0.15) is 0 Å². The summed E-state index contributed by atoms with van der Waals surface area (Å²) in [4.78, 5) is 3.77. The number of para-hydroxylation sites is 3. The van der Waals surface area contributed by atoms with Gasteiger partial charge >= 0.3 is 0 Å². The molecule has 0 aliphatic carbocycles. The molecule has 2 nitrogen and oxygen atoms in total. The third-order valence-electron chi connectivity index (χ3n) is 8.41. The van der Waals surface area contributed by atoms with E-state index in [-0.39, 0.29) is 0 Å². The lowest BCUT2D eigenvalue weighted by molar-refractivity contribution is 0.670. The molecule has 0 saturated carbocycles. The van der Waals surface area contributed by atoms with E-state index in [0.717, 1.165) is 44.1 Å². The van der Waals surface area contributed by atoms with Gasteiger partial charge in [-0.15, -0.1) is 0 Å². The van der Waals surface area contributed by atoms with Crippen molar-refractivity contribution >= 4 is 65.3 Å². The van der Waals surface area contributed by atoms with Gasteiger partial charge in [-0.3, -0.25) is 0 Å². The molecule has 9 rings (SSSR count). The fraction of sp³-hybridized carbons (Fsp3) is 0. The van der Waals surface area contributed by atoms with Gasteiger partial charge in [0.25, 0.3) is 0 Å². The van der Waals surface area contributed by atoms with E-state index < -0.39 is 0 Å². The number of aromatic nitrogens is 1. The molecule has 0 bridgehead atoms. The molecule has 2 aromatic heterocycles. The highest BCUT2D eigenvalue weighted by molar-refractivity contribution is 6.19. The number of hydrogen-bond acceptors (Lipinski definition) is 1. The van der Waals surface area contributed by atoms with Crippen LogP contribution in [-0.4, -0.2) is 4.98 Å². The van der Waals surface area contributed by atoms with Gasteiger partial charge in [0.15, 0.2) is 0 Å². The SMILES string of the molecule is c1ccc2c(c1)cc(-c1cccc3c1[nH]c1ccc(-c4cccc5c4oc4ccccc45)cc13)c1ccccc12. The number of H-pyrrole nitrogens is 1. The predicted octanol–water partition coefficient (Wildman–Crippen LogP) is 10.9. The molecule has 7 aromatic carbocycles. The van der Waals surface area contributed by atoms with Crippen molar-refractivity contribution < 1.29 is 4.42 Å². The second-order valence-electron chi connectivity index (χ2n) is 10.6. The van der Waals surface area contributed by atoms with Crippen molar-refractivity contribution in [2.24, 2.45) is 0 Å². The maximum Gasteiger partial charge on any atom is 0.143 e. The normalized spacial score (nSPS) is 12.0. The standard InChI is InChI=1S/C38H23NO/c1-2-10-25-23(9-1)21-33(28-12-4-3-11-27(25)28)30-15-8-16-31-34-22-24(19-20-35(34)39-37(30)31)26-14-7-17-32-29-13-5-6-18-36(29)40-38(26)32/h1-22,39H. The van der Waals surface area contributed by atoms with Crippen LogP contribution in [0.25, 0.3) is 87.5 Å². The maximum atomic E-state index is 6.36. The lowest BCUT2D eigenvalue weighted by Gasteiger charge is -2.12. The average Bonchev–Trinajstić information content (AvgIpc) is 3.59. The fourth-order valence-corrected chi connectivity index (χ4v) is 6.57.